The molecule has 0 bridgehead atoms. The van der Waals surface area contributed by atoms with Crippen molar-refractivity contribution in [3.63, 3.8) is 0 Å². The number of nitrogens with zero attached hydrogens (tertiary/aromatic N) is 2. The number of rotatable bonds is 8. The van der Waals surface area contributed by atoms with E-state index in [0.29, 0.717) is 5.13 Å². The number of hydrogen-bond acceptors (Lipinski definition) is 6. The quantitative estimate of drug-likeness (QED) is 0.627. The van der Waals surface area contributed by atoms with E-state index < -0.39 is 0 Å². The molecule has 0 fully saturated rings. The first-order chi connectivity index (χ1) is 12.2. The van der Waals surface area contributed by atoms with Crippen molar-refractivity contribution < 1.29 is 4.79 Å². The summed E-state index contributed by atoms with van der Waals surface area (Å²) in [5.41, 5.74) is 3.63. The molecule has 1 amide bonds. The predicted molar refractivity (Wildman–Crippen MR) is 105 cm³/mol. The second-order valence-electron chi connectivity index (χ2n) is 5.66. The summed E-state index contributed by atoms with van der Waals surface area (Å²) >= 11 is 3.09. The molecular formula is C18H20N4OS2. The molecule has 0 radical (unpaired) electrons. The highest BCUT2D eigenvalue weighted by Crippen LogP contribution is 2.17. The Morgan fingerprint density at radius 1 is 1.04 bits per heavy atom. The van der Waals surface area contributed by atoms with Gasteiger partial charge in [-0.15, -0.1) is 22.7 Å². The van der Waals surface area contributed by atoms with Crippen molar-refractivity contribution >= 4 is 38.8 Å². The highest BCUT2D eigenvalue weighted by Gasteiger charge is 2.04. The van der Waals surface area contributed by atoms with Gasteiger partial charge in [0.1, 0.15) is 0 Å². The van der Waals surface area contributed by atoms with Crippen LogP contribution in [-0.4, -0.2) is 22.4 Å². The second-order valence-corrected chi connectivity index (χ2v) is 7.41. The van der Waals surface area contributed by atoms with Gasteiger partial charge in [-0.2, -0.15) is 0 Å². The number of carbonyl (C=O) groups excluding carboxylic acids is 1. The van der Waals surface area contributed by atoms with Crippen LogP contribution in [0.2, 0.25) is 0 Å². The zero-order valence-corrected chi connectivity index (χ0v) is 15.6. The Bertz CT molecular complexity index is 797. The number of thiazole rings is 2. The minimum atomic E-state index is -0.0826. The van der Waals surface area contributed by atoms with E-state index in [0.717, 1.165) is 36.6 Å². The number of aryl methyl sites for hydroxylation is 2. The van der Waals surface area contributed by atoms with Crippen LogP contribution in [0.3, 0.4) is 0 Å². The monoisotopic (exact) mass is 372 g/mol. The van der Waals surface area contributed by atoms with Crippen LogP contribution >= 0.6 is 22.7 Å². The molecule has 0 atom stereocenters. The summed E-state index contributed by atoms with van der Waals surface area (Å²) < 4.78 is 0. The minimum Gasteiger partial charge on any atom is -0.361 e. The highest BCUT2D eigenvalue weighted by atomic mass is 32.1. The normalized spacial score (nSPS) is 10.6. The number of benzene rings is 1. The molecule has 25 heavy (non-hydrogen) atoms. The van der Waals surface area contributed by atoms with E-state index in [1.807, 2.05) is 17.0 Å². The summed E-state index contributed by atoms with van der Waals surface area (Å²) in [6.45, 7) is 2.38. The summed E-state index contributed by atoms with van der Waals surface area (Å²) in [7, 11) is 0. The van der Waals surface area contributed by atoms with E-state index in [9.17, 15) is 4.79 Å². The standard InChI is InChI=1S/C18H20N4OS2/c1-13(23)21-18-22-16(12-25-18)7-6-14-2-4-15(5-3-14)8-9-19-17-20-10-11-24-17/h2-5,10-12H,6-9H2,1H3,(H,19,20)(H,21,22,23). The average molecular weight is 373 g/mol. The van der Waals surface area contributed by atoms with E-state index >= 15 is 0 Å². The molecule has 2 heterocycles. The molecule has 3 aromatic rings. The zero-order chi connectivity index (χ0) is 17.5. The number of amides is 1. The van der Waals surface area contributed by atoms with Crippen LogP contribution in [0, 0.1) is 0 Å². The van der Waals surface area contributed by atoms with Crippen LogP contribution in [0.5, 0.6) is 0 Å². The molecular weight excluding hydrogens is 352 g/mol. The van der Waals surface area contributed by atoms with Gasteiger partial charge in [-0.3, -0.25) is 4.79 Å². The molecule has 5 nitrogen and oxygen atoms in total. The van der Waals surface area contributed by atoms with Gasteiger partial charge in [-0.05, 0) is 30.4 Å². The number of aromatic nitrogens is 2. The Balaban J connectivity index is 1.44. The lowest BCUT2D eigenvalue weighted by molar-refractivity contribution is -0.114. The van der Waals surface area contributed by atoms with Gasteiger partial charge < -0.3 is 10.6 Å². The van der Waals surface area contributed by atoms with Crippen molar-refractivity contribution in [1.82, 2.24) is 9.97 Å². The van der Waals surface area contributed by atoms with E-state index in [2.05, 4.69) is 44.9 Å². The van der Waals surface area contributed by atoms with Crippen LogP contribution in [0.1, 0.15) is 23.7 Å². The Morgan fingerprint density at radius 2 is 1.80 bits per heavy atom. The Labute approximate surface area is 155 Å². The van der Waals surface area contributed by atoms with Gasteiger partial charge in [0.15, 0.2) is 10.3 Å². The third-order valence-corrected chi connectivity index (χ3v) is 5.19. The van der Waals surface area contributed by atoms with Gasteiger partial charge in [0.25, 0.3) is 0 Å². The molecule has 2 N–H and O–H groups in total. The first-order valence-corrected chi connectivity index (χ1v) is 9.88. The van der Waals surface area contributed by atoms with E-state index in [1.54, 1.807) is 11.3 Å². The highest BCUT2D eigenvalue weighted by molar-refractivity contribution is 7.14. The summed E-state index contributed by atoms with van der Waals surface area (Å²) in [6, 6.07) is 8.73. The number of hydrogen-bond donors (Lipinski definition) is 2. The lowest BCUT2D eigenvalue weighted by Crippen LogP contribution is -2.05. The number of anilines is 2. The van der Waals surface area contributed by atoms with Crippen LogP contribution in [0.15, 0.2) is 41.2 Å². The predicted octanol–water partition coefficient (Wildman–Crippen LogP) is 4.00. The topological polar surface area (TPSA) is 66.9 Å². The Kier molecular flexibility index (Phi) is 6.14. The van der Waals surface area contributed by atoms with Gasteiger partial charge in [0.05, 0.1) is 5.69 Å². The minimum absolute atomic E-state index is 0.0826. The largest absolute Gasteiger partial charge is 0.361 e. The number of carbonyl (C=O) groups is 1. The molecule has 0 saturated heterocycles. The van der Waals surface area contributed by atoms with Gasteiger partial charge in [0, 0.05) is 30.4 Å². The third-order valence-electron chi connectivity index (χ3n) is 3.65. The molecule has 2 aromatic heterocycles. The molecule has 0 aliphatic heterocycles. The Morgan fingerprint density at radius 3 is 2.48 bits per heavy atom. The SMILES string of the molecule is CC(=O)Nc1nc(CCc2ccc(CCNc3nccs3)cc2)cs1. The van der Waals surface area contributed by atoms with Crippen LogP contribution in [0.4, 0.5) is 10.3 Å². The molecule has 0 spiro atoms. The fourth-order valence-corrected chi connectivity index (χ4v) is 3.75. The fourth-order valence-electron chi connectivity index (χ4n) is 2.40. The summed E-state index contributed by atoms with van der Waals surface area (Å²) in [5.74, 6) is -0.0826. The molecule has 1 aromatic carbocycles. The summed E-state index contributed by atoms with van der Waals surface area (Å²) in [6.07, 6.45) is 4.61. The van der Waals surface area contributed by atoms with Crippen molar-refractivity contribution in [3.05, 3.63) is 58.0 Å². The first kappa shape index (κ1) is 17.6. The third kappa shape index (κ3) is 5.65. The maximum atomic E-state index is 11.0. The summed E-state index contributed by atoms with van der Waals surface area (Å²) in [4.78, 5) is 19.7. The van der Waals surface area contributed by atoms with E-state index in [4.69, 9.17) is 0 Å². The van der Waals surface area contributed by atoms with Crippen LogP contribution < -0.4 is 10.6 Å². The fraction of sp³-hybridized carbons (Fsp3) is 0.278. The smallest absolute Gasteiger partial charge is 0.223 e. The number of nitrogens with one attached hydrogen (secondary N) is 2. The van der Waals surface area contributed by atoms with Crippen molar-refractivity contribution in [2.75, 3.05) is 17.2 Å². The zero-order valence-electron chi connectivity index (χ0n) is 14.0. The molecule has 0 saturated carbocycles. The van der Waals surface area contributed by atoms with Crippen LogP contribution in [-0.2, 0) is 24.1 Å². The van der Waals surface area contributed by atoms with Crippen molar-refractivity contribution in [1.29, 1.82) is 0 Å². The van der Waals surface area contributed by atoms with E-state index in [1.165, 1.54) is 29.4 Å². The molecule has 0 aliphatic carbocycles. The molecule has 0 unspecified atom stereocenters. The van der Waals surface area contributed by atoms with Crippen molar-refractivity contribution in [2.24, 2.45) is 0 Å². The van der Waals surface area contributed by atoms with Crippen molar-refractivity contribution in [3.8, 4) is 0 Å². The van der Waals surface area contributed by atoms with Gasteiger partial charge >= 0.3 is 0 Å². The maximum absolute atomic E-state index is 11.0. The first-order valence-electron chi connectivity index (χ1n) is 8.12. The molecule has 0 aliphatic rings. The lowest BCUT2D eigenvalue weighted by atomic mass is 10.0. The average Bonchev–Trinajstić information content (AvgIpc) is 3.26. The Hall–Kier alpha value is -2.25. The van der Waals surface area contributed by atoms with Gasteiger partial charge in [0.2, 0.25) is 5.91 Å². The van der Waals surface area contributed by atoms with E-state index in [-0.39, 0.29) is 5.91 Å². The molecule has 3 rings (SSSR count). The second kappa shape index (κ2) is 8.73. The lowest BCUT2D eigenvalue weighted by Gasteiger charge is -2.05. The molecule has 130 valence electrons. The maximum Gasteiger partial charge on any atom is 0.223 e. The van der Waals surface area contributed by atoms with Crippen LogP contribution in [0.25, 0.3) is 0 Å². The van der Waals surface area contributed by atoms with Gasteiger partial charge in [-0.25, -0.2) is 9.97 Å². The summed E-state index contributed by atoms with van der Waals surface area (Å²) in [5, 5.41) is 11.7. The van der Waals surface area contributed by atoms with Crippen molar-refractivity contribution in [2.45, 2.75) is 26.2 Å². The van der Waals surface area contributed by atoms with Gasteiger partial charge in [-0.1, -0.05) is 24.3 Å². The molecule has 7 heteroatoms.